The standard InChI is InChI=1S/C18H27N5O/c1-24-14-13-23-10-7-20-18(23)16-22-9-4-8-21(11-12-22)15-17-5-2-3-6-19-17/h2-3,5-7,10H,4,8-9,11-16H2,1H3. The van der Waals surface area contributed by atoms with Gasteiger partial charge in [-0.15, -0.1) is 0 Å². The second-order valence-electron chi connectivity index (χ2n) is 6.26. The van der Waals surface area contributed by atoms with E-state index in [1.165, 1.54) is 6.42 Å². The summed E-state index contributed by atoms with van der Waals surface area (Å²) in [5.41, 5.74) is 1.15. The molecule has 0 atom stereocenters. The van der Waals surface area contributed by atoms with Crippen molar-refractivity contribution in [3.63, 3.8) is 0 Å². The fourth-order valence-corrected chi connectivity index (χ4v) is 3.15. The molecule has 6 nitrogen and oxygen atoms in total. The molecule has 0 saturated carbocycles. The third-order valence-corrected chi connectivity index (χ3v) is 4.50. The van der Waals surface area contributed by atoms with Crippen LogP contribution in [-0.2, 0) is 24.4 Å². The Morgan fingerprint density at radius 1 is 1.00 bits per heavy atom. The van der Waals surface area contributed by atoms with Crippen molar-refractivity contribution < 1.29 is 4.74 Å². The molecule has 130 valence electrons. The molecule has 1 saturated heterocycles. The van der Waals surface area contributed by atoms with Crippen LogP contribution in [0.5, 0.6) is 0 Å². The molecule has 0 aliphatic carbocycles. The zero-order chi connectivity index (χ0) is 16.6. The van der Waals surface area contributed by atoms with E-state index in [1.54, 1.807) is 7.11 Å². The summed E-state index contributed by atoms with van der Waals surface area (Å²) in [5.74, 6) is 1.13. The lowest BCUT2D eigenvalue weighted by Gasteiger charge is -2.21. The molecule has 2 aromatic rings. The molecule has 3 rings (SSSR count). The van der Waals surface area contributed by atoms with E-state index in [0.29, 0.717) is 0 Å². The molecule has 1 fully saturated rings. The first-order chi connectivity index (χ1) is 11.8. The second kappa shape index (κ2) is 8.92. The van der Waals surface area contributed by atoms with Crippen LogP contribution in [0.2, 0.25) is 0 Å². The second-order valence-corrected chi connectivity index (χ2v) is 6.26. The van der Waals surface area contributed by atoms with Crippen LogP contribution in [0.25, 0.3) is 0 Å². The summed E-state index contributed by atoms with van der Waals surface area (Å²) in [7, 11) is 1.74. The molecule has 3 heterocycles. The quantitative estimate of drug-likeness (QED) is 0.773. The average molecular weight is 329 g/mol. The predicted molar refractivity (Wildman–Crippen MR) is 93.5 cm³/mol. The van der Waals surface area contributed by atoms with Crippen molar-refractivity contribution in [1.82, 2.24) is 24.3 Å². The van der Waals surface area contributed by atoms with E-state index in [4.69, 9.17) is 4.74 Å². The van der Waals surface area contributed by atoms with Gasteiger partial charge in [-0.1, -0.05) is 6.07 Å². The molecule has 0 aromatic carbocycles. The molecule has 2 aromatic heterocycles. The van der Waals surface area contributed by atoms with E-state index in [9.17, 15) is 0 Å². The Bertz CT molecular complexity index is 600. The highest BCUT2D eigenvalue weighted by Gasteiger charge is 2.17. The summed E-state index contributed by atoms with van der Waals surface area (Å²) in [5, 5.41) is 0. The van der Waals surface area contributed by atoms with Crippen LogP contribution in [-0.4, -0.2) is 64.2 Å². The van der Waals surface area contributed by atoms with Crippen LogP contribution in [0.15, 0.2) is 36.8 Å². The fraction of sp³-hybridized carbons (Fsp3) is 0.556. The van der Waals surface area contributed by atoms with Crippen molar-refractivity contribution in [2.75, 3.05) is 39.9 Å². The van der Waals surface area contributed by atoms with Crippen LogP contribution in [0, 0.1) is 0 Å². The molecule has 0 unspecified atom stereocenters. The van der Waals surface area contributed by atoms with Crippen molar-refractivity contribution in [2.45, 2.75) is 26.1 Å². The van der Waals surface area contributed by atoms with E-state index in [0.717, 1.165) is 63.9 Å². The minimum absolute atomic E-state index is 0.723. The molecule has 0 radical (unpaired) electrons. The first-order valence-electron chi connectivity index (χ1n) is 8.69. The van der Waals surface area contributed by atoms with Crippen molar-refractivity contribution in [1.29, 1.82) is 0 Å². The van der Waals surface area contributed by atoms with Gasteiger partial charge in [-0.25, -0.2) is 4.98 Å². The van der Waals surface area contributed by atoms with Gasteiger partial charge in [0.15, 0.2) is 0 Å². The number of methoxy groups -OCH3 is 1. The van der Waals surface area contributed by atoms with E-state index in [2.05, 4.69) is 36.5 Å². The molecule has 0 amide bonds. The number of aromatic nitrogens is 3. The average Bonchev–Trinajstić information content (AvgIpc) is 2.93. The lowest BCUT2D eigenvalue weighted by atomic mass is 10.3. The summed E-state index contributed by atoms with van der Waals surface area (Å²) >= 11 is 0. The van der Waals surface area contributed by atoms with Gasteiger partial charge < -0.3 is 9.30 Å². The topological polar surface area (TPSA) is 46.4 Å². The van der Waals surface area contributed by atoms with E-state index in [-0.39, 0.29) is 0 Å². The lowest BCUT2D eigenvalue weighted by molar-refractivity contribution is 0.183. The van der Waals surface area contributed by atoms with Crippen molar-refractivity contribution in [3.05, 3.63) is 48.3 Å². The lowest BCUT2D eigenvalue weighted by Crippen LogP contribution is -2.31. The van der Waals surface area contributed by atoms with Crippen LogP contribution >= 0.6 is 0 Å². The molecule has 24 heavy (non-hydrogen) atoms. The molecular weight excluding hydrogens is 302 g/mol. The minimum atomic E-state index is 0.723. The zero-order valence-electron chi connectivity index (χ0n) is 14.5. The Balaban J connectivity index is 1.51. The van der Waals surface area contributed by atoms with Gasteiger partial charge in [0.25, 0.3) is 0 Å². The molecule has 1 aliphatic rings. The number of pyridine rings is 1. The van der Waals surface area contributed by atoms with Crippen molar-refractivity contribution >= 4 is 0 Å². The number of rotatable bonds is 7. The highest BCUT2D eigenvalue weighted by atomic mass is 16.5. The van der Waals surface area contributed by atoms with Gasteiger partial charge >= 0.3 is 0 Å². The SMILES string of the molecule is COCCn1ccnc1CN1CCCN(Cc2ccccn2)CC1. The Morgan fingerprint density at radius 3 is 2.58 bits per heavy atom. The number of nitrogens with zero attached hydrogens (tertiary/aromatic N) is 5. The van der Waals surface area contributed by atoms with E-state index < -0.39 is 0 Å². The molecule has 0 bridgehead atoms. The van der Waals surface area contributed by atoms with Gasteiger partial charge in [-0.2, -0.15) is 0 Å². The maximum Gasteiger partial charge on any atom is 0.122 e. The van der Waals surface area contributed by atoms with Crippen molar-refractivity contribution in [2.24, 2.45) is 0 Å². The summed E-state index contributed by atoms with van der Waals surface area (Å²) in [6.07, 6.45) is 6.99. The summed E-state index contributed by atoms with van der Waals surface area (Å²) in [6.45, 7) is 7.85. The third-order valence-electron chi connectivity index (χ3n) is 4.50. The predicted octanol–water partition coefficient (Wildman–Crippen LogP) is 1.63. The van der Waals surface area contributed by atoms with Gasteiger partial charge in [0.1, 0.15) is 5.82 Å². The molecule has 6 heteroatoms. The molecule has 0 spiro atoms. The normalized spacial score (nSPS) is 17.0. The number of hydrogen-bond donors (Lipinski definition) is 0. The smallest absolute Gasteiger partial charge is 0.122 e. The first-order valence-corrected chi connectivity index (χ1v) is 8.69. The monoisotopic (exact) mass is 329 g/mol. The molecule has 0 N–H and O–H groups in total. The zero-order valence-corrected chi connectivity index (χ0v) is 14.5. The van der Waals surface area contributed by atoms with Crippen LogP contribution in [0.4, 0.5) is 0 Å². The Labute approximate surface area is 144 Å². The number of hydrogen-bond acceptors (Lipinski definition) is 5. The first kappa shape index (κ1) is 17.1. The summed E-state index contributed by atoms with van der Waals surface area (Å²) in [4.78, 5) is 14.0. The number of ether oxygens (including phenoxy) is 1. The highest BCUT2D eigenvalue weighted by molar-refractivity contribution is 5.03. The van der Waals surface area contributed by atoms with E-state index >= 15 is 0 Å². The Kier molecular flexibility index (Phi) is 6.34. The van der Waals surface area contributed by atoms with Crippen LogP contribution in [0.3, 0.4) is 0 Å². The van der Waals surface area contributed by atoms with Gasteiger partial charge in [0.05, 0.1) is 18.8 Å². The number of imidazole rings is 1. The van der Waals surface area contributed by atoms with Gasteiger partial charge in [-0.05, 0) is 31.6 Å². The van der Waals surface area contributed by atoms with Gasteiger partial charge in [0.2, 0.25) is 0 Å². The largest absolute Gasteiger partial charge is 0.383 e. The summed E-state index contributed by atoms with van der Waals surface area (Å²) < 4.78 is 7.37. The maximum atomic E-state index is 5.18. The van der Waals surface area contributed by atoms with Crippen LogP contribution < -0.4 is 0 Å². The summed E-state index contributed by atoms with van der Waals surface area (Å²) in [6, 6.07) is 6.14. The van der Waals surface area contributed by atoms with Crippen LogP contribution in [0.1, 0.15) is 17.9 Å². The molecular formula is C18H27N5O. The minimum Gasteiger partial charge on any atom is -0.383 e. The Morgan fingerprint density at radius 2 is 1.83 bits per heavy atom. The van der Waals surface area contributed by atoms with E-state index in [1.807, 2.05) is 24.7 Å². The van der Waals surface area contributed by atoms with Crippen molar-refractivity contribution in [3.8, 4) is 0 Å². The van der Waals surface area contributed by atoms with Gasteiger partial charge in [0, 0.05) is 51.9 Å². The fourth-order valence-electron chi connectivity index (χ4n) is 3.15. The molecule has 1 aliphatic heterocycles. The van der Waals surface area contributed by atoms with Gasteiger partial charge in [-0.3, -0.25) is 14.8 Å². The Hall–Kier alpha value is -1.76. The highest BCUT2D eigenvalue weighted by Crippen LogP contribution is 2.10. The maximum absolute atomic E-state index is 5.18. The third kappa shape index (κ3) is 4.87.